The SMILES string of the molecule is COc1ccc(CN(C)[C@H](C)C(=O)NC2CCCC2)c(OC)c1. The van der Waals surface area contributed by atoms with E-state index in [1.807, 2.05) is 37.1 Å². The first-order valence-electron chi connectivity index (χ1n) is 8.26. The zero-order chi connectivity index (χ0) is 16.8. The molecule has 1 aliphatic rings. The van der Waals surface area contributed by atoms with Gasteiger partial charge in [0.1, 0.15) is 11.5 Å². The molecule has 2 rings (SSSR count). The van der Waals surface area contributed by atoms with Gasteiger partial charge in [0, 0.05) is 24.2 Å². The first-order chi connectivity index (χ1) is 11.0. The lowest BCUT2D eigenvalue weighted by Crippen LogP contribution is -2.46. The summed E-state index contributed by atoms with van der Waals surface area (Å²) in [4.78, 5) is 14.4. The molecule has 0 bridgehead atoms. The minimum atomic E-state index is -0.178. The molecule has 0 aliphatic heterocycles. The zero-order valence-electron chi connectivity index (χ0n) is 14.6. The number of benzene rings is 1. The third-order valence-electron chi connectivity index (χ3n) is 4.66. The van der Waals surface area contributed by atoms with Crippen LogP contribution in [0.3, 0.4) is 0 Å². The van der Waals surface area contributed by atoms with Crippen molar-refractivity contribution in [3.05, 3.63) is 23.8 Å². The van der Waals surface area contributed by atoms with Gasteiger partial charge in [-0.3, -0.25) is 9.69 Å². The van der Waals surface area contributed by atoms with E-state index in [9.17, 15) is 4.79 Å². The molecule has 1 aromatic carbocycles. The van der Waals surface area contributed by atoms with Crippen LogP contribution in [0.5, 0.6) is 11.5 Å². The van der Waals surface area contributed by atoms with Gasteiger partial charge in [-0.2, -0.15) is 0 Å². The minimum Gasteiger partial charge on any atom is -0.497 e. The molecule has 0 radical (unpaired) electrons. The van der Waals surface area contributed by atoms with Gasteiger partial charge in [0.15, 0.2) is 0 Å². The average molecular weight is 320 g/mol. The fourth-order valence-electron chi connectivity index (χ4n) is 2.98. The van der Waals surface area contributed by atoms with Crippen LogP contribution in [-0.4, -0.2) is 44.2 Å². The van der Waals surface area contributed by atoms with Crippen LogP contribution in [-0.2, 0) is 11.3 Å². The summed E-state index contributed by atoms with van der Waals surface area (Å²) >= 11 is 0. The molecular weight excluding hydrogens is 292 g/mol. The summed E-state index contributed by atoms with van der Waals surface area (Å²) in [5, 5.41) is 3.16. The van der Waals surface area contributed by atoms with Gasteiger partial charge in [-0.1, -0.05) is 18.9 Å². The number of ether oxygens (including phenoxy) is 2. The average Bonchev–Trinajstić information content (AvgIpc) is 3.07. The number of hydrogen-bond acceptors (Lipinski definition) is 4. The second-order valence-corrected chi connectivity index (χ2v) is 6.26. The van der Waals surface area contributed by atoms with E-state index in [-0.39, 0.29) is 11.9 Å². The van der Waals surface area contributed by atoms with Crippen LogP contribution in [0.4, 0.5) is 0 Å². The van der Waals surface area contributed by atoms with Gasteiger partial charge >= 0.3 is 0 Å². The zero-order valence-corrected chi connectivity index (χ0v) is 14.6. The molecule has 128 valence electrons. The van der Waals surface area contributed by atoms with Crippen molar-refractivity contribution in [2.45, 2.75) is 51.2 Å². The second kappa shape index (κ2) is 8.20. The number of nitrogens with zero attached hydrogens (tertiary/aromatic N) is 1. The highest BCUT2D eigenvalue weighted by atomic mass is 16.5. The largest absolute Gasteiger partial charge is 0.497 e. The molecule has 0 saturated heterocycles. The summed E-state index contributed by atoms with van der Waals surface area (Å²) in [6.45, 7) is 2.59. The lowest BCUT2D eigenvalue weighted by atomic mass is 10.1. The van der Waals surface area contributed by atoms with E-state index in [1.165, 1.54) is 12.8 Å². The molecule has 1 saturated carbocycles. The van der Waals surface area contributed by atoms with Crippen molar-refractivity contribution in [3.8, 4) is 11.5 Å². The first kappa shape index (κ1) is 17.6. The third kappa shape index (κ3) is 4.61. The molecule has 1 fully saturated rings. The summed E-state index contributed by atoms with van der Waals surface area (Å²) in [5.41, 5.74) is 1.04. The Hall–Kier alpha value is -1.75. The summed E-state index contributed by atoms with van der Waals surface area (Å²) < 4.78 is 10.6. The maximum absolute atomic E-state index is 12.4. The van der Waals surface area contributed by atoms with Gasteiger partial charge < -0.3 is 14.8 Å². The molecule has 0 spiro atoms. The Morgan fingerprint density at radius 3 is 2.61 bits per heavy atom. The first-order valence-corrected chi connectivity index (χ1v) is 8.26. The van der Waals surface area contributed by atoms with Gasteiger partial charge in [0.2, 0.25) is 5.91 Å². The molecule has 5 heteroatoms. The molecule has 1 aromatic rings. The third-order valence-corrected chi connectivity index (χ3v) is 4.66. The van der Waals surface area contributed by atoms with E-state index < -0.39 is 0 Å². The van der Waals surface area contributed by atoms with E-state index in [4.69, 9.17) is 9.47 Å². The smallest absolute Gasteiger partial charge is 0.237 e. The minimum absolute atomic E-state index is 0.104. The lowest BCUT2D eigenvalue weighted by Gasteiger charge is -2.26. The maximum Gasteiger partial charge on any atom is 0.237 e. The predicted octanol–water partition coefficient (Wildman–Crippen LogP) is 2.58. The summed E-state index contributed by atoms with van der Waals surface area (Å²) in [6, 6.07) is 5.94. The van der Waals surface area contributed by atoms with Crippen LogP contribution in [0.1, 0.15) is 38.2 Å². The van der Waals surface area contributed by atoms with Crippen molar-refractivity contribution < 1.29 is 14.3 Å². The van der Waals surface area contributed by atoms with Gasteiger partial charge in [0.05, 0.1) is 20.3 Å². The van der Waals surface area contributed by atoms with Crippen LogP contribution < -0.4 is 14.8 Å². The number of rotatable bonds is 7. The Kier molecular flexibility index (Phi) is 6.28. The van der Waals surface area contributed by atoms with E-state index in [2.05, 4.69) is 5.32 Å². The maximum atomic E-state index is 12.4. The van der Waals surface area contributed by atoms with Crippen molar-refractivity contribution in [3.63, 3.8) is 0 Å². The lowest BCUT2D eigenvalue weighted by molar-refractivity contribution is -0.126. The molecule has 5 nitrogen and oxygen atoms in total. The van der Waals surface area contributed by atoms with Crippen molar-refractivity contribution in [2.24, 2.45) is 0 Å². The number of hydrogen-bond donors (Lipinski definition) is 1. The molecule has 0 aromatic heterocycles. The monoisotopic (exact) mass is 320 g/mol. The highest BCUT2D eigenvalue weighted by Gasteiger charge is 2.23. The second-order valence-electron chi connectivity index (χ2n) is 6.26. The summed E-state index contributed by atoms with van der Waals surface area (Å²) in [7, 11) is 5.24. The van der Waals surface area contributed by atoms with Crippen LogP contribution >= 0.6 is 0 Å². The Labute approximate surface area is 139 Å². The van der Waals surface area contributed by atoms with Crippen molar-refractivity contribution in [1.29, 1.82) is 0 Å². The van der Waals surface area contributed by atoms with Gasteiger partial charge in [-0.15, -0.1) is 0 Å². The van der Waals surface area contributed by atoms with Gasteiger partial charge in [0.25, 0.3) is 0 Å². The molecule has 0 heterocycles. The molecule has 1 aliphatic carbocycles. The Balaban J connectivity index is 1.97. The molecule has 23 heavy (non-hydrogen) atoms. The topological polar surface area (TPSA) is 50.8 Å². The standard InChI is InChI=1S/C18H28N2O3/c1-13(18(21)19-15-7-5-6-8-15)20(2)12-14-9-10-16(22-3)11-17(14)23-4/h9-11,13,15H,5-8,12H2,1-4H3,(H,19,21)/t13-/m1/s1. The van der Waals surface area contributed by atoms with Crippen LogP contribution in [0.15, 0.2) is 18.2 Å². The number of carbonyl (C=O) groups excluding carboxylic acids is 1. The van der Waals surface area contributed by atoms with E-state index in [0.717, 1.165) is 29.9 Å². The molecule has 1 N–H and O–H groups in total. The van der Waals surface area contributed by atoms with Crippen LogP contribution in [0.2, 0.25) is 0 Å². The highest BCUT2D eigenvalue weighted by molar-refractivity contribution is 5.81. The quantitative estimate of drug-likeness (QED) is 0.839. The van der Waals surface area contributed by atoms with Crippen molar-refractivity contribution in [1.82, 2.24) is 10.2 Å². The fraction of sp³-hybridized carbons (Fsp3) is 0.611. The van der Waals surface area contributed by atoms with Gasteiger partial charge in [-0.05, 0) is 32.9 Å². The van der Waals surface area contributed by atoms with E-state index in [1.54, 1.807) is 14.2 Å². The molecule has 1 atom stereocenters. The number of likely N-dealkylation sites (N-methyl/N-ethyl adjacent to an activating group) is 1. The van der Waals surface area contributed by atoms with Crippen molar-refractivity contribution >= 4 is 5.91 Å². The van der Waals surface area contributed by atoms with E-state index >= 15 is 0 Å². The summed E-state index contributed by atoms with van der Waals surface area (Å²) in [5.74, 6) is 1.65. The highest BCUT2D eigenvalue weighted by Crippen LogP contribution is 2.26. The molecule has 0 unspecified atom stereocenters. The Morgan fingerprint density at radius 2 is 2.00 bits per heavy atom. The van der Waals surface area contributed by atoms with E-state index in [0.29, 0.717) is 12.6 Å². The fourth-order valence-corrected chi connectivity index (χ4v) is 2.98. The number of carbonyl (C=O) groups is 1. The number of nitrogens with one attached hydrogen (secondary N) is 1. The Morgan fingerprint density at radius 1 is 1.30 bits per heavy atom. The molecule has 1 amide bonds. The van der Waals surface area contributed by atoms with Crippen LogP contribution in [0, 0.1) is 0 Å². The Bertz CT molecular complexity index is 527. The summed E-state index contributed by atoms with van der Waals surface area (Å²) in [6.07, 6.45) is 4.65. The van der Waals surface area contributed by atoms with Crippen LogP contribution in [0.25, 0.3) is 0 Å². The van der Waals surface area contributed by atoms with Crippen molar-refractivity contribution in [2.75, 3.05) is 21.3 Å². The number of methoxy groups -OCH3 is 2. The normalized spacial score (nSPS) is 16.4. The number of amides is 1. The predicted molar refractivity (Wildman–Crippen MR) is 90.9 cm³/mol. The molecular formula is C18H28N2O3. The van der Waals surface area contributed by atoms with Gasteiger partial charge in [-0.25, -0.2) is 0 Å².